The predicted octanol–water partition coefficient (Wildman–Crippen LogP) is 5.65. The van der Waals surface area contributed by atoms with Crippen LogP contribution < -0.4 is 5.32 Å². The molecular weight excluding hydrogens is 407 g/mol. The third kappa shape index (κ3) is 4.74. The average molecular weight is 435 g/mol. The van der Waals surface area contributed by atoms with Crippen molar-refractivity contribution in [3.63, 3.8) is 0 Å². The van der Waals surface area contributed by atoms with Crippen LogP contribution in [0.4, 0.5) is 10.1 Å². The molecule has 0 spiro atoms. The highest BCUT2D eigenvalue weighted by Gasteiger charge is 2.29. The molecule has 1 aliphatic rings. The van der Waals surface area contributed by atoms with Gasteiger partial charge in [0.1, 0.15) is 5.82 Å². The second-order valence-electron chi connectivity index (χ2n) is 8.08. The number of amides is 1. The minimum atomic E-state index is -0.521. The summed E-state index contributed by atoms with van der Waals surface area (Å²) in [5, 5.41) is 3.00. The quantitative estimate of drug-likeness (QED) is 0.489. The number of nitrogens with one attached hydrogen (secondary N) is 1. The highest BCUT2D eigenvalue weighted by molar-refractivity contribution is 6.06. The lowest BCUT2D eigenvalue weighted by molar-refractivity contribution is -0.119. The molecule has 2 aromatic carbocycles. The number of hydrogen-bond donors (Lipinski definition) is 1. The van der Waals surface area contributed by atoms with Crippen molar-refractivity contribution in [2.45, 2.75) is 39.2 Å². The van der Waals surface area contributed by atoms with Gasteiger partial charge in [-0.1, -0.05) is 55.3 Å². The maximum atomic E-state index is 14.0. The monoisotopic (exact) mass is 434 g/mol. The number of benzene rings is 2. The Morgan fingerprint density at radius 1 is 1.09 bits per heavy atom. The van der Waals surface area contributed by atoms with Crippen molar-refractivity contribution in [2.24, 2.45) is 5.92 Å². The third-order valence-electron chi connectivity index (χ3n) is 5.85. The van der Waals surface area contributed by atoms with Crippen LogP contribution in [0, 0.1) is 11.7 Å². The van der Waals surface area contributed by atoms with Gasteiger partial charge in [-0.25, -0.2) is 9.18 Å². The van der Waals surface area contributed by atoms with Crippen molar-refractivity contribution in [3.05, 3.63) is 77.9 Å². The standard InChI is InChI=1S/C26H27FN2O3/c1-2-32-26(31)24-23(28-25(30)19-11-6-7-12-19)22(20-13-8-14-21(27)15-20)17-29(24)16-18-9-4-3-5-10-18/h3-5,8-10,13-15,17,19H,2,6-7,11-12,16H2,1H3,(H,28,30). The molecule has 1 aliphatic carbocycles. The number of hydrogen-bond acceptors (Lipinski definition) is 3. The van der Waals surface area contributed by atoms with Gasteiger partial charge in [0.05, 0.1) is 12.3 Å². The maximum Gasteiger partial charge on any atom is 0.357 e. The first-order valence-electron chi connectivity index (χ1n) is 11.1. The molecule has 1 amide bonds. The molecule has 0 saturated heterocycles. The zero-order chi connectivity index (χ0) is 22.5. The Morgan fingerprint density at radius 3 is 2.53 bits per heavy atom. The van der Waals surface area contributed by atoms with Gasteiger partial charge in [0, 0.05) is 24.2 Å². The Kier molecular flexibility index (Phi) is 6.69. The van der Waals surface area contributed by atoms with Crippen LogP contribution in [0.1, 0.15) is 48.7 Å². The molecule has 1 fully saturated rings. The van der Waals surface area contributed by atoms with E-state index in [2.05, 4.69) is 5.32 Å². The van der Waals surface area contributed by atoms with Gasteiger partial charge >= 0.3 is 5.97 Å². The fourth-order valence-electron chi connectivity index (χ4n) is 4.29. The number of aromatic nitrogens is 1. The Morgan fingerprint density at radius 2 is 1.84 bits per heavy atom. The summed E-state index contributed by atoms with van der Waals surface area (Å²) in [5.74, 6) is -1.09. The number of esters is 1. The van der Waals surface area contributed by atoms with Crippen molar-refractivity contribution in [3.8, 4) is 11.1 Å². The van der Waals surface area contributed by atoms with E-state index in [9.17, 15) is 14.0 Å². The molecule has 3 aromatic rings. The molecule has 1 heterocycles. The fourth-order valence-corrected chi connectivity index (χ4v) is 4.29. The normalized spacial score (nSPS) is 13.8. The van der Waals surface area contributed by atoms with Crippen molar-refractivity contribution < 1.29 is 18.7 Å². The number of halogens is 1. The molecule has 0 aliphatic heterocycles. The molecule has 0 bridgehead atoms. The third-order valence-corrected chi connectivity index (χ3v) is 5.85. The SMILES string of the molecule is CCOC(=O)c1c(NC(=O)C2CCCC2)c(-c2cccc(F)c2)cn1Cc1ccccc1. The largest absolute Gasteiger partial charge is 0.461 e. The highest BCUT2D eigenvalue weighted by Crippen LogP contribution is 2.36. The van der Waals surface area contributed by atoms with Crippen LogP contribution in [-0.4, -0.2) is 23.1 Å². The molecule has 4 rings (SSSR count). The summed E-state index contributed by atoms with van der Waals surface area (Å²) in [6.45, 7) is 2.36. The molecule has 5 nitrogen and oxygen atoms in total. The fraction of sp³-hybridized carbons (Fsp3) is 0.308. The summed E-state index contributed by atoms with van der Waals surface area (Å²) in [7, 11) is 0. The number of carbonyl (C=O) groups excluding carboxylic acids is 2. The van der Waals surface area contributed by atoms with Gasteiger partial charge < -0.3 is 14.6 Å². The van der Waals surface area contributed by atoms with Gasteiger partial charge in [0.25, 0.3) is 0 Å². The van der Waals surface area contributed by atoms with Gasteiger partial charge in [0.15, 0.2) is 5.69 Å². The van der Waals surface area contributed by atoms with E-state index < -0.39 is 5.97 Å². The van der Waals surface area contributed by atoms with Crippen LogP contribution in [0.15, 0.2) is 60.8 Å². The van der Waals surface area contributed by atoms with Crippen molar-refractivity contribution in [1.82, 2.24) is 4.57 Å². The van der Waals surface area contributed by atoms with E-state index in [0.717, 1.165) is 31.2 Å². The molecule has 0 radical (unpaired) electrons. The Hall–Kier alpha value is -3.41. The molecule has 0 atom stereocenters. The summed E-state index contributed by atoms with van der Waals surface area (Å²) in [5.41, 5.74) is 2.81. The van der Waals surface area contributed by atoms with E-state index in [1.54, 1.807) is 29.8 Å². The van der Waals surface area contributed by atoms with Gasteiger partial charge in [-0.2, -0.15) is 0 Å². The minimum absolute atomic E-state index is 0.0807. The van der Waals surface area contributed by atoms with Crippen LogP contribution >= 0.6 is 0 Å². The van der Waals surface area contributed by atoms with Crippen LogP contribution in [0.3, 0.4) is 0 Å². The number of anilines is 1. The lowest BCUT2D eigenvalue weighted by Crippen LogP contribution is -2.23. The van der Waals surface area contributed by atoms with E-state index in [1.807, 2.05) is 30.3 Å². The van der Waals surface area contributed by atoms with E-state index in [1.165, 1.54) is 12.1 Å². The summed E-state index contributed by atoms with van der Waals surface area (Å²) in [6, 6.07) is 15.9. The Labute approximate surface area is 187 Å². The lowest BCUT2D eigenvalue weighted by Gasteiger charge is -2.14. The van der Waals surface area contributed by atoms with Crippen LogP contribution in [0.25, 0.3) is 11.1 Å². The predicted molar refractivity (Wildman–Crippen MR) is 122 cm³/mol. The first-order valence-corrected chi connectivity index (χ1v) is 11.1. The van der Waals surface area contributed by atoms with E-state index in [0.29, 0.717) is 23.4 Å². The van der Waals surface area contributed by atoms with Crippen molar-refractivity contribution in [1.29, 1.82) is 0 Å². The van der Waals surface area contributed by atoms with E-state index >= 15 is 0 Å². The molecule has 1 aromatic heterocycles. The first kappa shape index (κ1) is 21.8. The molecule has 1 N–H and O–H groups in total. The number of nitrogens with zero attached hydrogens (tertiary/aromatic N) is 1. The van der Waals surface area contributed by atoms with Crippen molar-refractivity contribution in [2.75, 3.05) is 11.9 Å². The zero-order valence-electron chi connectivity index (χ0n) is 18.1. The van der Waals surface area contributed by atoms with Gasteiger partial charge in [-0.15, -0.1) is 0 Å². The number of rotatable bonds is 7. The first-order chi connectivity index (χ1) is 15.6. The average Bonchev–Trinajstić information content (AvgIpc) is 3.43. The van der Waals surface area contributed by atoms with Crippen LogP contribution in [0.5, 0.6) is 0 Å². The Balaban J connectivity index is 1.83. The second-order valence-corrected chi connectivity index (χ2v) is 8.08. The highest BCUT2D eigenvalue weighted by atomic mass is 19.1. The van der Waals surface area contributed by atoms with E-state index in [4.69, 9.17) is 4.74 Å². The topological polar surface area (TPSA) is 60.3 Å². The van der Waals surface area contributed by atoms with Gasteiger partial charge in [-0.05, 0) is 43.0 Å². The van der Waals surface area contributed by atoms with Crippen LogP contribution in [0.2, 0.25) is 0 Å². The van der Waals surface area contributed by atoms with E-state index in [-0.39, 0.29) is 29.9 Å². The molecule has 6 heteroatoms. The molecule has 166 valence electrons. The molecule has 1 saturated carbocycles. The summed E-state index contributed by atoms with van der Waals surface area (Å²) in [6.07, 6.45) is 5.50. The summed E-state index contributed by atoms with van der Waals surface area (Å²) >= 11 is 0. The molecular formula is C26H27FN2O3. The second kappa shape index (κ2) is 9.81. The molecule has 0 unspecified atom stereocenters. The number of carbonyl (C=O) groups is 2. The maximum absolute atomic E-state index is 14.0. The van der Waals surface area contributed by atoms with Gasteiger partial charge in [0.2, 0.25) is 5.91 Å². The summed E-state index contributed by atoms with van der Waals surface area (Å²) in [4.78, 5) is 26.0. The van der Waals surface area contributed by atoms with Gasteiger partial charge in [-0.3, -0.25) is 4.79 Å². The summed E-state index contributed by atoms with van der Waals surface area (Å²) < 4.78 is 21.2. The lowest BCUT2D eigenvalue weighted by atomic mass is 10.0. The Bertz CT molecular complexity index is 1100. The van der Waals surface area contributed by atoms with Crippen molar-refractivity contribution >= 4 is 17.6 Å². The molecule has 32 heavy (non-hydrogen) atoms. The zero-order valence-corrected chi connectivity index (χ0v) is 18.1. The number of ether oxygens (including phenoxy) is 1. The minimum Gasteiger partial charge on any atom is -0.461 e. The van der Waals surface area contributed by atoms with Crippen LogP contribution in [-0.2, 0) is 16.1 Å². The smallest absolute Gasteiger partial charge is 0.357 e.